The molecule has 4 N–H and O–H groups in total. The number of likely N-dealkylation sites (N-methyl/N-ethyl adjacent to an activating group) is 1. The van der Waals surface area contributed by atoms with E-state index in [9.17, 15) is 29.1 Å². The maximum atomic E-state index is 12.8. The molecule has 5 amide bonds. The predicted octanol–water partition coefficient (Wildman–Crippen LogP) is 5.95. The van der Waals surface area contributed by atoms with Crippen LogP contribution in [0, 0.1) is 0 Å². The number of nitrogens with one attached hydrogen (secondary N) is 3. The summed E-state index contributed by atoms with van der Waals surface area (Å²) in [6, 6.07) is 7.65. The SMILES string of the molecule is CN(C)C/C=C/C(=O)N1CCN(c2ccc(CCNC(=O)CCCCCCCCCCC(=O)NCCn3ccc(-c4cc(Cl)c(Cl)c5[nH]c6c(c45)CN(C(=O)CO)CC6)n3)s2)C(=O)C1. The van der Waals surface area contributed by atoms with Gasteiger partial charge in [0, 0.05) is 104 Å². The Balaban J connectivity index is 0.782. The number of fused-ring (bicyclic) bond motifs is 3. The number of hydrogen-bond donors (Lipinski definition) is 4. The lowest BCUT2D eigenvalue weighted by molar-refractivity contribution is -0.135. The fourth-order valence-electron chi connectivity index (χ4n) is 8.14. The topological polar surface area (TPSA) is 176 Å². The molecule has 5 heterocycles. The van der Waals surface area contributed by atoms with Crippen molar-refractivity contribution in [2.45, 2.75) is 90.1 Å². The van der Waals surface area contributed by atoms with Crippen LogP contribution in [-0.2, 0) is 49.9 Å². The Morgan fingerprint density at radius 1 is 0.906 bits per heavy atom. The van der Waals surface area contributed by atoms with Crippen molar-refractivity contribution in [2.24, 2.45) is 0 Å². The van der Waals surface area contributed by atoms with Crippen molar-refractivity contribution in [3.63, 3.8) is 0 Å². The number of benzene rings is 1. The second-order valence-electron chi connectivity index (χ2n) is 16.7. The summed E-state index contributed by atoms with van der Waals surface area (Å²) in [5.41, 5.74) is 4.13. The average molecular weight is 939 g/mol. The van der Waals surface area contributed by atoms with Gasteiger partial charge in [-0.2, -0.15) is 5.10 Å². The number of hydrogen-bond acceptors (Lipinski definition) is 9. The highest BCUT2D eigenvalue weighted by Crippen LogP contribution is 2.42. The number of carbonyl (C=O) groups excluding carboxylic acids is 5. The maximum absolute atomic E-state index is 12.8. The zero-order chi connectivity index (χ0) is 45.6. The average Bonchev–Trinajstić information content (AvgIpc) is 4.04. The summed E-state index contributed by atoms with van der Waals surface area (Å²) in [5.74, 6) is -0.460. The van der Waals surface area contributed by atoms with E-state index in [1.165, 1.54) is 6.08 Å². The molecule has 1 aromatic carbocycles. The van der Waals surface area contributed by atoms with Gasteiger partial charge in [0.25, 0.3) is 0 Å². The second-order valence-corrected chi connectivity index (χ2v) is 18.7. The van der Waals surface area contributed by atoms with Crippen LogP contribution >= 0.6 is 34.5 Å². The number of thiophene rings is 1. The van der Waals surface area contributed by atoms with E-state index in [-0.39, 0.29) is 36.1 Å². The Hall–Kier alpha value is -4.74. The van der Waals surface area contributed by atoms with Gasteiger partial charge in [-0.3, -0.25) is 28.7 Å². The molecule has 3 aromatic heterocycles. The first-order chi connectivity index (χ1) is 30.9. The van der Waals surface area contributed by atoms with Gasteiger partial charge >= 0.3 is 0 Å². The van der Waals surface area contributed by atoms with E-state index in [1.54, 1.807) is 42.9 Å². The van der Waals surface area contributed by atoms with Crippen LogP contribution in [0.3, 0.4) is 0 Å². The van der Waals surface area contributed by atoms with Crippen LogP contribution in [-0.4, -0.2) is 131 Å². The monoisotopic (exact) mass is 937 g/mol. The highest BCUT2D eigenvalue weighted by molar-refractivity contribution is 7.16. The highest BCUT2D eigenvalue weighted by atomic mass is 35.5. The first-order valence-corrected chi connectivity index (χ1v) is 24.0. The first kappa shape index (κ1) is 48.7. The summed E-state index contributed by atoms with van der Waals surface area (Å²) < 4.78 is 1.79. The predicted molar refractivity (Wildman–Crippen MR) is 253 cm³/mol. The van der Waals surface area contributed by atoms with Crippen molar-refractivity contribution < 1.29 is 29.1 Å². The van der Waals surface area contributed by atoms with Gasteiger partial charge in [0.05, 0.1) is 32.8 Å². The third-order valence-electron chi connectivity index (χ3n) is 11.6. The minimum absolute atomic E-state index is 0.0263. The van der Waals surface area contributed by atoms with Gasteiger partial charge in [0.15, 0.2) is 0 Å². The van der Waals surface area contributed by atoms with Crippen molar-refractivity contribution >= 4 is 80.0 Å². The molecule has 1 saturated heterocycles. The number of aromatic amines is 1. The molecular formula is C46H61Cl2N9O6S. The van der Waals surface area contributed by atoms with Gasteiger partial charge in [-0.1, -0.05) is 67.8 Å². The zero-order valence-corrected chi connectivity index (χ0v) is 39.3. The number of aromatic nitrogens is 3. The van der Waals surface area contributed by atoms with Crippen LogP contribution < -0.4 is 15.5 Å². The summed E-state index contributed by atoms with van der Waals surface area (Å²) in [4.78, 5) is 74.0. The third kappa shape index (κ3) is 13.4. The van der Waals surface area contributed by atoms with Crippen molar-refractivity contribution in [3.05, 3.63) is 68.8 Å². The van der Waals surface area contributed by atoms with Gasteiger partial charge < -0.3 is 40.3 Å². The number of rotatable bonds is 23. The van der Waals surface area contributed by atoms with E-state index < -0.39 is 6.61 Å². The number of piperazine rings is 1. The van der Waals surface area contributed by atoms with Crippen LogP contribution in [0.25, 0.3) is 22.2 Å². The quantitative estimate of drug-likeness (QED) is 0.0522. The van der Waals surface area contributed by atoms with E-state index in [0.29, 0.717) is 99.3 Å². The van der Waals surface area contributed by atoms with Crippen LogP contribution in [0.4, 0.5) is 5.00 Å². The molecule has 15 nitrogen and oxygen atoms in total. The smallest absolute Gasteiger partial charge is 0.248 e. The molecule has 1 fully saturated rings. The fourth-order valence-corrected chi connectivity index (χ4v) is 9.59. The molecule has 0 aliphatic carbocycles. The molecule has 2 aliphatic heterocycles. The van der Waals surface area contributed by atoms with Gasteiger partial charge in [-0.05, 0) is 57.6 Å². The normalized spacial score (nSPS) is 14.3. The summed E-state index contributed by atoms with van der Waals surface area (Å²) >= 11 is 14.7. The summed E-state index contributed by atoms with van der Waals surface area (Å²) in [6.07, 6.45) is 15.6. The molecule has 0 unspecified atom stereocenters. The van der Waals surface area contributed by atoms with Crippen molar-refractivity contribution in [3.8, 4) is 11.3 Å². The highest BCUT2D eigenvalue weighted by Gasteiger charge is 2.29. The number of H-pyrrole nitrogens is 1. The molecule has 0 atom stereocenters. The van der Waals surface area contributed by atoms with Crippen LogP contribution in [0.2, 0.25) is 10.0 Å². The summed E-state index contributed by atoms with van der Waals surface area (Å²) in [5, 5.41) is 22.8. The Labute approximate surface area is 389 Å². The Kier molecular flexibility index (Phi) is 18.2. The molecule has 4 aromatic rings. The maximum Gasteiger partial charge on any atom is 0.248 e. The number of aliphatic hydroxyl groups is 1. The minimum atomic E-state index is -0.539. The lowest BCUT2D eigenvalue weighted by Crippen LogP contribution is -2.51. The van der Waals surface area contributed by atoms with Gasteiger partial charge in [-0.25, -0.2) is 0 Å². The molecule has 0 bridgehead atoms. The van der Waals surface area contributed by atoms with E-state index in [0.717, 1.165) is 83.5 Å². The molecule has 0 radical (unpaired) electrons. The van der Waals surface area contributed by atoms with Gasteiger partial charge in [0.1, 0.15) is 13.2 Å². The number of halogens is 2. The van der Waals surface area contributed by atoms with E-state index in [1.807, 2.05) is 43.4 Å². The van der Waals surface area contributed by atoms with E-state index in [2.05, 4.69) is 15.6 Å². The zero-order valence-electron chi connectivity index (χ0n) is 36.9. The standard InChI is InChI=1S/C46H61Cl2N9O6S/c1-53(2)22-11-14-40(61)55-26-27-57(41(62)30-55)43-16-15-32(64-43)17-20-49-38(59)12-9-7-5-3-4-6-8-10-13-39(60)50-21-25-56-24-19-37(52-56)33-28-35(47)45(48)46-44(33)34-29-54(42(63)31-58)23-18-36(34)51-46/h11,14-16,19,24,28,51,58H,3-10,12-13,17-18,20-23,25-27,29-31H2,1-2H3,(H,49,59)(H,50,60)/b14-11+. The molecule has 6 rings (SSSR count). The largest absolute Gasteiger partial charge is 0.387 e. The second kappa shape index (κ2) is 24.0. The van der Waals surface area contributed by atoms with Gasteiger partial charge in [0.2, 0.25) is 29.5 Å². The number of anilines is 1. The molecule has 64 heavy (non-hydrogen) atoms. The summed E-state index contributed by atoms with van der Waals surface area (Å²) in [6.45, 7) is 3.52. The molecular weight excluding hydrogens is 878 g/mol. The lowest BCUT2D eigenvalue weighted by Gasteiger charge is -2.33. The Morgan fingerprint density at radius 2 is 1.61 bits per heavy atom. The minimum Gasteiger partial charge on any atom is -0.387 e. The third-order valence-corrected chi connectivity index (χ3v) is 13.6. The number of carbonyl (C=O) groups is 5. The molecule has 18 heteroatoms. The number of aliphatic hydroxyl groups excluding tert-OH is 1. The molecule has 0 saturated carbocycles. The van der Waals surface area contributed by atoms with E-state index >= 15 is 0 Å². The van der Waals surface area contributed by atoms with E-state index in [4.69, 9.17) is 28.3 Å². The first-order valence-electron chi connectivity index (χ1n) is 22.4. The molecule has 2 aliphatic rings. The van der Waals surface area contributed by atoms with Crippen LogP contribution in [0.15, 0.2) is 42.6 Å². The number of unbranched alkanes of at least 4 members (excludes halogenated alkanes) is 7. The van der Waals surface area contributed by atoms with Gasteiger partial charge in [-0.15, -0.1) is 11.3 Å². The van der Waals surface area contributed by atoms with Crippen molar-refractivity contribution in [1.29, 1.82) is 0 Å². The van der Waals surface area contributed by atoms with Crippen molar-refractivity contribution in [1.82, 2.24) is 40.1 Å². The van der Waals surface area contributed by atoms with Crippen LogP contribution in [0.5, 0.6) is 0 Å². The molecule has 346 valence electrons. The number of amides is 5. The Morgan fingerprint density at radius 3 is 2.30 bits per heavy atom. The fraction of sp³-hybridized carbons (Fsp3) is 0.522. The Bertz CT molecular complexity index is 2290. The molecule has 0 spiro atoms. The van der Waals surface area contributed by atoms with Crippen molar-refractivity contribution in [2.75, 3.05) is 71.4 Å². The summed E-state index contributed by atoms with van der Waals surface area (Å²) in [7, 11) is 3.87. The number of nitrogens with zero attached hydrogens (tertiary/aromatic N) is 6. The lowest BCUT2D eigenvalue weighted by atomic mass is 9.99. The van der Waals surface area contributed by atoms with Crippen LogP contribution in [0.1, 0.15) is 80.3 Å².